The normalized spacial score (nSPS) is 19.4. The van der Waals surface area contributed by atoms with Crippen LogP contribution < -0.4 is 5.32 Å². The van der Waals surface area contributed by atoms with E-state index in [1.807, 2.05) is 0 Å². The number of aromatic nitrogens is 1. The lowest BCUT2D eigenvalue weighted by atomic mass is 10.00. The third kappa shape index (κ3) is 2.34. The van der Waals surface area contributed by atoms with Gasteiger partial charge in [0.15, 0.2) is 0 Å². The molecule has 2 aromatic rings. The van der Waals surface area contributed by atoms with E-state index in [-0.39, 0.29) is 0 Å². The van der Waals surface area contributed by atoms with Crippen molar-refractivity contribution in [3.8, 4) is 0 Å². The summed E-state index contributed by atoms with van der Waals surface area (Å²) in [5.74, 6) is 0. The Bertz CT molecular complexity index is 600. The molecule has 3 heteroatoms. The topological polar surface area (TPSA) is 27.8 Å². The highest BCUT2D eigenvalue weighted by molar-refractivity contribution is 9.10. The summed E-state index contributed by atoms with van der Waals surface area (Å²) < 4.78 is 1.18. The van der Waals surface area contributed by atoms with Crippen molar-refractivity contribution in [2.45, 2.75) is 45.6 Å². The molecule has 0 saturated heterocycles. The van der Waals surface area contributed by atoms with Gasteiger partial charge in [-0.15, -0.1) is 0 Å². The molecule has 1 unspecified atom stereocenters. The Morgan fingerprint density at radius 1 is 1.37 bits per heavy atom. The van der Waals surface area contributed by atoms with Crippen molar-refractivity contribution in [3.05, 3.63) is 33.4 Å². The zero-order valence-corrected chi connectivity index (χ0v) is 13.2. The number of rotatable bonds is 2. The Labute approximate surface area is 123 Å². The van der Waals surface area contributed by atoms with E-state index >= 15 is 0 Å². The molecule has 1 aromatic carbocycles. The molecule has 0 spiro atoms. The number of benzene rings is 1. The second-order valence-electron chi connectivity index (χ2n) is 5.52. The first-order chi connectivity index (χ1) is 9.20. The smallest absolute Gasteiger partial charge is 0.0490 e. The number of hydrogen-bond donors (Lipinski definition) is 2. The predicted molar refractivity (Wildman–Crippen MR) is 84.7 cm³/mol. The molecule has 0 bridgehead atoms. The van der Waals surface area contributed by atoms with E-state index in [1.165, 1.54) is 57.9 Å². The molecule has 102 valence electrons. The number of aryl methyl sites for hydroxylation is 2. The third-order valence-corrected chi connectivity index (χ3v) is 4.62. The lowest BCUT2D eigenvalue weighted by Gasteiger charge is -2.17. The van der Waals surface area contributed by atoms with Gasteiger partial charge in [-0.2, -0.15) is 0 Å². The summed E-state index contributed by atoms with van der Waals surface area (Å²) in [5, 5.41) is 5.06. The number of halogens is 1. The predicted octanol–water partition coefficient (Wildman–Crippen LogP) is 4.62. The largest absolute Gasteiger partial charge is 0.358 e. The molecule has 19 heavy (non-hydrogen) atoms. The molecule has 2 N–H and O–H groups in total. The second kappa shape index (κ2) is 5.29. The maximum atomic E-state index is 3.68. The zero-order valence-electron chi connectivity index (χ0n) is 11.6. The molecular formula is C16H21BrN2. The van der Waals surface area contributed by atoms with Crippen molar-refractivity contribution >= 4 is 26.8 Å². The number of nitrogens with one attached hydrogen (secondary N) is 2. The van der Waals surface area contributed by atoms with Crippen LogP contribution in [0, 0.1) is 6.92 Å². The van der Waals surface area contributed by atoms with Crippen molar-refractivity contribution < 1.29 is 0 Å². The monoisotopic (exact) mass is 320 g/mol. The molecule has 0 amide bonds. The number of H-pyrrole nitrogens is 1. The quantitative estimate of drug-likeness (QED) is 0.776. The van der Waals surface area contributed by atoms with Crippen LogP contribution in [0.25, 0.3) is 10.9 Å². The average molecular weight is 321 g/mol. The Morgan fingerprint density at radius 2 is 2.21 bits per heavy atom. The number of fused-ring (bicyclic) bond motifs is 3. The summed E-state index contributed by atoms with van der Waals surface area (Å²) >= 11 is 3.64. The minimum atomic E-state index is 0.505. The van der Waals surface area contributed by atoms with E-state index in [4.69, 9.17) is 0 Å². The van der Waals surface area contributed by atoms with Crippen LogP contribution in [-0.4, -0.2) is 11.5 Å². The molecular weight excluding hydrogens is 300 g/mol. The van der Waals surface area contributed by atoms with Crippen LogP contribution in [0.1, 0.15) is 49.0 Å². The van der Waals surface area contributed by atoms with Gasteiger partial charge in [0.2, 0.25) is 0 Å². The van der Waals surface area contributed by atoms with Gasteiger partial charge in [-0.05, 0) is 56.0 Å². The first-order valence-corrected chi connectivity index (χ1v) is 8.04. The van der Waals surface area contributed by atoms with Gasteiger partial charge in [0.1, 0.15) is 0 Å². The third-order valence-electron chi connectivity index (χ3n) is 4.16. The molecule has 0 radical (unpaired) electrons. The minimum absolute atomic E-state index is 0.505. The van der Waals surface area contributed by atoms with Crippen molar-refractivity contribution in [2.75, 3.05) is 6.54 Å². The minimum Gasteiger partial charge on any atom is -0.358 e. The summed E-state index contributed by atoms with van der Waals surface area (Å²) in [4.78, 5) is 3.68. The molecule has 0 fully saturated rings. The van der Waals surface area contributed by atoms with Gasteiger partial charge < -0.3 is 10.3 Å². The maximum absolute atomic E-state index is 3.68. The van der Waals surface area contributed by atoms with Gasteiger partial charge in [0.05, 0.1) is 0 Å². The molecule has 0 saturated carbocycles. The number of aromatic amines is 1. The van der Waals surface area contributed by atoms with Crippen LogP contribution in [0.15, 0.2) is 16.6 Å². The maximum Gasteiger partial charge on any atom is 0.0490 e. The first-order valence-electron chi connectivity index (χ1n) is 7.24. The van der Waals surface area contributed by atoms with Gasteiger partial charge in [-0.25, -0.2) is 0 Å². The van der Waals surface area contributed by atoms with Gasteiger partial charge in [0, 0.05) is 27.1 Å². The molecule has 1 aliphatic rings. The van der Waals surface area contributed by atoms with Crippen molar-refractivity contribution in [3.63, 3.8) is 0 Å². The average Bonchev–Trinajstić information content (AvgIpc) is 2.60. The standard InChI is InChI=1S/C16H21BrN2/c1-3-18-13-6-4-5-7-14-15(13)12-9-11(17)8-10(2)16(12)19-14/h8-9,13,18-19H,3-7H2,1-2H3. The summed E-state index contributed by atoms with van der Waals surface area (Å²) in [6, 6.07) is 4.97. The highest BCUT2D eigenvalue weighted by atomic mass is 79.9. The summed E-state index contributed by atoms with van der Waals surface area (Å²) in [6.07, 6.45) is 5.04. The van der Waals surface area contributed by atoms with Crippen LogP contribution in [0.4, 0.5) is 0 Å². The SMILES string of the molecule is CCNC1CCCCc2[nH]c3c(C)cc(Br)cc3c21. The Kier molecular flexibility index (Phi) is 3.68. The molecule has 1 heterocycles. The zero-order chi connectivity index (χ0) is 13.4. The lowest BCUT2D eigenvalue weighted by molar-refractivity contribution is 0.506. The van der Waals surface area contributed by atoms with Crippen molar-refractivity contribution in [1.29, 1.82) is 0 Å². The molecule has 0 aliphatic heterocycles. The molecule has 1 atom stereocenters. The fraction of sp³-hybridized carbons (Fsp3) is 0.500. The Balaban J connectivity index is 2.23. The van der Waals surface area contributed by atoms with Crippen molar-refractivity contribution in [1.82, 2.24) is 10.3 Å². The molecule has 2 nitrogen and oxygen atoms in total. The van der Waals surface area contributed by atoms with Crippen LogP contribution >= 0.6 is 15.9 Å². The summed E-state index contributed by atoms with van der Waals surface area (Å²) in [7, 11) is 0. The fourth-order valence-corrected chi connectivity index (χ4v) is 3.91. The fourth-order valence-electron chi connectivity index (χ4n) is 3.34. The highest BCUT2D eigenvalue weighted by Gasteiger charge is 2.23. The molecule has 1 aliphatic carbocycles. The van der Waals surface area contributed by atoms with E-state index in [1.54, 1.807) is 0 Å². The van der Waals surface area contributed by atoms with E-state index < -0.39 is 0 Å². The summed E-state index contributed by atoms with van der Waals surface area (Å²) in [6.45, 7) is 5.41. The van der Waals surface area contributed by atoms with E-state index in [9.17, 15) is 0 Å². The lowest BCUT2D eigenvalue weighted by Crippen LogP contribution is -2.20. The Hall–Kier alpha value is -0.800. The Morgan fingerprint density at radius 3 is 3.00 bits per heavy atom. The first kappa shape index (κ1) is 13.2. The van der Waals surface area contributed by atoms with Crippen LogP contribution in [0.5, 0.6) is 0 Å². The van der Waals surface area contributed by atoms with Crippen molar-refractivity contribution in [2.24, 2.45) is 0 Å². The van der Waals surface area contributed by atoms with E-state index in [2.05, 4.69) is 52.2 Å². The molecule has 3 rings (SSSR count). The molecule has 1 aromatic heterocycles. The number of hydrogen-bond acceptors (Lipinski definition) is 1. The van der Waals surface area contributed by atoms with Crippen LogP contribution in [0.2, 0.25) is 0 Å². The van der Waals surface area contributed by atoms with E-state index in [0.29, 0.717) is 6.04 Å². The summed E-state index contributed by atoms with van der Waals surface area (Å²) in [5.41, 5.74) is 5.60. The second-order valence-corrected chi connectivity index (χ2v) is 6.43. The van der Waals surface area contributed by atoms with Gasteiger partial charge >= 0.3 is 0 Å². The van der Waals surface area contributed by atoms with E-state index in [0.717, 1.165) is 6.54 Å². The van der Waals surface area contributed by atoms with Gasteiger partial charge in [-0.3, -0.25) is 0 Å². The van der Waals surface area contributed by atoms with Gasteiger partial charge in [0.25, 0.3) is 0 Å². The van der Waals surface area contributed by atoms with Gasteiger partial charge in [-0.1, -0.05) is 29.3 Å². The highest BCUT2D eigenvalue weighted by Crippen LogP contribution is 2.37. The van der Waals surface area contributed by atoms with Crippen LogP contribution in [0.3, 0.4) is 0 Å². The van der Waals surface area contributed by atoms with Crippen LogP contribution in [-0.2, 0) is 6.42 Å².